The summed E-state index contributed by atoms with van der Waals surface area (Å²) in [4.78, 5) is 33.8. The van der Waals surface area contributed by atoms with E-state index in [1.165, 1.54) is 5.69 Å². The Morgan fingerprint density at radius 1 is 0.964 bits per heavy atom. The largest absolute Gasteiger partial charge is 0.379 e. The Kier molecular flexibility index (Phi) is 6.12. The van der Waals surface area contributed by atoms with Gasteiger partial charge >= 0.3 is 0 Å². The van der Waals surface area contributed by atoms with Gasteiger partial charge in [0.15, 0.2) is 0 Å². The quantitative estimate of drug-likeness (QED) is 0.738. The number of anilines is 1. The molecule has 3 aliphatic heterocycles. The maximum atomic E-state index is 12.9. The van der Waals surface area contributed by atoms with Gasteiger partial charge in [0.05, 0.1) is 19.1 Å². The summed E-state index contributed by atoms with van der Waals surface area (Å²) in [5, 5.41) is 0. The Balaban J connectivity index is 1.24. The lowest BCUT2D eigenvalue weighted by Crippen LogP contribution is -2.50. The van der Waals surface area contributed by atoms with E-state index in [0.29, 0.717) is 19.5 Å². The van der Waals surface area contributed by atoms with E-state index < -0.39 is 0 Å². The molecule has 4 rings (SSSR count). The molecule has 1 aromatic carbocycles. The van der Waals surface area contributed by atoms with E-state index in [-0.39, 0.29) is 17.7 Å². The van der Waals surface area contributed by atoms with Crippen LogP contribution in [0, 0.1) is 5.92 Å². The Hall–Kier alpha value is -2.12. The number of rotatable bonds is 5. The molecule has 152 valence electrons. The van der Waals surface area contributed by atoms with Crippen LogP contribution in [-0.4, -0.2) is 98.6 Å². The molecular weight excluding hydrogens is 356 g/mol. The number of benzene rings is 1. The average molecular weight is 386 g/mol. The molecule has 7 heteroatoms. The highest BCUT2D eigenvalue weighted by atomic mass is 16.5. The van der Waals surface area contributed by atoms with Crippen molar-refractivity contribution < 1.29 is 14.3 Å². The van der Waals surface area contributed by atoms with Crippen molar-refractivity contribution in [2.45, 2.75) is 6.42 Å². The van der Waals surface area contributed by atoms with Crippen molar-refractivity contribution in [3.63, 3.8) is 0 Å². The Morgan fingerprint density at radius 3 is 2.39 bits per heavy atom. The highest BCUT2D eigenvalue weighted by Crippen LogP contribution is 2.22. The average Bonchev–Trinajstić information content (AvgIpc) is 3.14. The molecule has 0 radical (unpaired) electrons. The maximum Gasteiger partial charge on any atom is 0.228 e. The van der Waals surface area contributed by atoms with Crippen molar-refractivity contribution in [1.29, 1.82) is 0 Å². The molecule has 2 amide bonds. The first kappa shape index (κ1) is 19.2. The summed E-state index contributed by atoms with van der Waals surface area (Å²) in [6.45, 7) is 8.68. The fourth-order valence-corrected chi connectivity index (χ4v) is 4.32. The van der Waals surface area contributed by atoms with E-state index in [0.717, 1.165) is 59.0 Å². The summed E-state index contributed by atoms with van der Waals surface area (Å²) in [5.41, 5.74) is 1.21. The second kappa shape index (κ2) is 8.92. The number of piperazine rings is 1. The van der Waals surface area contributed by atoms with Crippen LogP contribution in [0.25, 0.3) is 0 Å². The zero-order valence-electron chi connectivity index (χ0n) is 16.5. The lowest BCUT2D eigenvalue weighted by Gasteiger charge is -2.37. The van der Waals surface area contributed by atoms with Gasteiger partial charge in [0.2, 0.25) is 11.8 Å². The number of para-hydroxylation sites is 1. The van der Waals surface area contributed by atoms with Gasteiger partial charge in [-0.2, -0.15) is 0 Å². The van der Waals surface area contributed by atoms with E-state index >= 15 is 0 Å². The van der Waals surface area contributed by atoms with Crippen molar-refractivity contribution in [3.05, 3.63) is 30.3 Å². The molecule has 0 aliphatic carbocycles. The Labute approximate surface area is 166 Å². The number of hydrogen-bond donors (Lipinski definition) is 0. The van der Waals surface area contributed by atoms with Gasteiger partial charge in [-0.25, -0.2) is 0 Å². The van der Waals surface area contributed by atoms with E-state index in [1.807, 2.05) is 28.0 Å². The van der Waals surface area contributed by atoms with E-state index in [9.17, 15) is 9.59 Å². The number of hydrogen-bond acceptors (Lipinski definition) is 5. The van der Waals surface area contributed by atoms with Crippen LogP contribution in [0.1, 0.15) is 6.42 Å². The molecule has 0 aromatic heterocycles. The van der Waals surface area contributed by atoms with Crippen LogP contribution in [0.15, 0.2) is 30.3 Å². The van der Waals surface area contributed by atoms with Crippen LogP contribution in [0.4, 0.5) is 5.69 Å². The minimum absolute atomic E-state index is 0.120. The molecule has 7 nitrogen and oxygen atoms in total. The molecule has 1 aromatic rings. The van der Waals surface area contributed by atoms with Crippen LogP contribution < -0.4 is 4.90 Å². The van der Waals surface area contributed by atoms with Gasteiger partial charge in [0.1, 0.15) is 0 Å². The van der Waals surface area contributed by atoms with Gasteiger partial charge in [-0.05, 0) is 12.1 Å². The predicted octanol–water partition coefficient (Wildman–Crippen LogP) is 0.516. The Bertz CT molecular complexity index is 669. The summed E-state index contributed by atoms with van der Waals surface area (Å²) < 4.78 is 5.37. The minimum atomic E-state index is -0.180. The van der Waals surface area contributed by atoms with Crippen LogP contribution in [0.3, 0.4) is 0 Å². The molecule has 1 atom stereocenters. The van der Waals surface area contributed by atoms with Crippen molar-refractivity contribution in [2.24, 2.45) is 5.92 Å². The highest BCUT2D eigenvalue weighted by Gasteiger charge is 2.37. The molecule has 0 spiro atoms. The fourth-order valence-electron chi connectivity index (χ4n) is 4.32. The maximum absolute atomic E-state index is 12.9. The van der Waals surface area contributed by atoms with Crippen LogP contribution in [0.2, 0.25) is 0 Å². The molecule has 0 N–H and O–H groups in total. The number of carbonyl (C=O) groups excluding carboxylic acids is 2. The normalized spacial score (nSPS) is 24.1. The van der Waals surface area contributed by atoms with E-state index in [2.05, 4.69) is 21.9 Å². The second-order valence-corrected chi connectivity index (χ2v) is 7.84. The molecule has 0 saturated carbocycles. The number of carbonyl (C=O) groups is 2. The summed E-state index contributed by atoms with van der Waals surface area (Å²) >= 11 is 0. The van der Waals surface area contributed by atoms with E-state index in [1.54, 1.807) is 0 Å². The predicted molar refractivity (Wildman–Crippen MR) is 107 cm³/mol. The number of morpholine rings is 1. The third-order valence-corrected chi connectivity index (χ3v) is 6.07. The fraction of sp³-hybridized carbons (Fsp3) is 0.619. The van der Waals surface area contributed by atoms with Crippen LogP contribution in [0.5, 0.6) is 0 Å². The standard InChI is InChI=1S/C21H30N4O3/c26-20-16-18(17-25(20)7-6-22-12-14-28-15-13-22)21(27)24-10-8-23(9-11-24)19-4-2-1-3-5-19/h1-5,18H,6-17H2. The summed E-state index contributed by atoms with van der Waals surface area (Å²) in [6.07, 6.45) is 0.362. The SMILES string of the molecule is O=C1CC(C(=O)N2CCN(c3ccccc3)CC2)CN1CCN1CCOCC1. The van der Waals surface area contributed by atoms with Gasteiger partial charge in [0.25, 0.3) is 0 Å². The lowest BCUT2D eigenvalue weighted by molar-refractivity contribution is -0.136. The van der Waals surface area contributed by atoms with Crippen LogP contribution in [-0.2, 0) is 14.3 Å². The smallest absolute Gasteiger partial charge is 0.228 e. The van der Waals surface area contributed by atoms with Crippen molar-refractivity contribution in [1.82, 2.24) is 14.7 Å². The molecule has 3 heterocycles. The Morgan fingerprint density at radius 2 is 1.68 bits per heavy atom. The van der Waals surface area contributed by atoms with Crippen molar-refractivity contribution >= 4 is 17.5 Å². The molecule has 3 fully saturated rings. The van der Waals surface area contributed by atoms with Crippen LogP contribution >= 0.6 is 0 Å². The molecule has 28 heavy (non-hydrogen) atoms. The molecular formula is C21H30N4O3. The van der Waals surface area contributed by atoms with Gasteiger partial charge in [-0.15, -0.1) is 0 Å². The van der Waals surface area contributed by atoms with Gasteiger partial charge in [0, 0.05) is 71.0 Å². The number of amides is 2. The second-order valence-electron chi connectivity index (χ2n) is 7.84. The lowest BCUT2D eigenvalue weighted by atomic mass is 10.1. The molecule has 0 bridgehead atoms. The summed E-state index contributed by atoms with van der Waals surface area (Å²) in [5.74, 6) is 0.0879. The van der Waals surface area contributed by atoms with E-state index in [4.69, 9.17) is 4.74 Å². The molecule has 1 unspecified atom stereocenters. The third-order valence-electron chi connectivity index (χ3n) is 6.07. The molecule has 3 saturated heterocycles. The zero-order chi connectivity index (χ0) is 19.3. The van der Waals surface area contributed by atoms with Crippen molar-refractivity contribution in [2.75, 3.05) is 77.0 Å². The minimum Gasteiger partial charge on any atom is -0.379 e. The zero-order valence-corrected chi connectivity index (χ0v) is 16.5. The first-order chi connectivity index (χ1) is 13.7. The highest BCUT2D eigenvalue weighted by molar-refractivity contribution is 5.89. The van der Waals surface area contributed by atoms with Gasteiger partial charge < -0.3 is 19.4 Å². The molecule has 3 aliphatic rings. The van der Waals surface area contributed by atoms with Crippen molar-refractivity contribution in [3.8, 4) is 0 Å². The summed E-state index contributed by atoms with van der Waals surface area (Å²) in [7, 11) is 0. The van der Waals surface area contributed by atoms with Gasteiger partial charge in [-0.1, -0.05) is 18.2 Å². The first-order valence-corrected chi connectivity index (χ1v) is 10.4. The topological polar surface area (TPSA) is 56.3 Å². The summed E-state index contributed by atoms with van der Waals surface area (Å²) in [6, 6.07) is 10.3. The third kappa shape index (κ3) is 4.47. The number of likely N-dealkylation sites (tertiary alicyclic amines) is 1. The number of nitrogens with zero attached hydrogens (tertiary/aromatic N) is 4. The monoisotopic (exact) mass is 386 g/mol. The van der Waals surface area contributed by atoms with Gasteiger partial charge in [-0.3, -0.25) is 14.5 Å². The number of ether oxygens (including phenoxy) is 1. The first-order valence-electron chi connectivity index (χ1n) is 10.4.